The number of hydrogen-bond donors (Lipinski definition) is 6. The summed E-state index contributed by atoms with van der Waals surface area (Å²) in [4.78, 5) is 63.6. The molecule has 2 aromatic carbocycles. The van der Waals surface area contributed by atoms with Gasteiger partial charge in [0.25, 0.3) is 11.5 Å². The van der Waals surface area contributed by atoms with E-state index in [2.05, 4.69) is 30.6 Å². The van der Waals surface area contributed by atoms with Crippen LogP contribution in [0.15, 0.2) is 53.0 Å². The number of aromatic amines is 1. The molecule has 1 amide bonds. The summed E-state index contributed by atoms with van der Waals surface area (Å²) >= 11 is 0. The summed E-state index contributed by atoms with van der Waals surface area (Å²) in [6.45, 7) is 0.174. The second kappa shape index (κ2) is 13.1. The van der Waals surface area contributed by atoms with Crippen molar-refractivity contribution in [3.8, 4) is 5.75 Å². The molecular weight excluding hydrogens is 628 g/mol. The van der Waals surface area contributed by atoms with Gasteiger partial charge in [-0.05, 0) is 48.9 Å². The van der Waals surface area contributed by atoms with Gasteiger partial charge in [-0.25, -0.2) is 14.8 Å². The van der Waals surface area contributed by atoms with Crippen LogP contribution in [0.2, 0.25) is 0 Å². The average Bonchev–Trinajstić information content (AvgIpc) is 3.01. The molecule has 1 aliphatic rings. The van der Waals surface area contributed by atoms with Crippen molar-refractivity contribution in [2.24, 2.45) is 0 Å². The van der Waals surface area contributed by atoms with Gasteiger partial charge in [-0.3, -0.25) is 19.4 Å². The summed E-state index contributed by atoms with van der Waals surface area (Å²) in [5.41, 5.74) is 10.4. The topological polar surface area (TPSA) is 238 Å². The van der Waals surface area contributed by atoms with Crippen LogP contribution in [-0.4, -0.2) is 56.4 Å². The van der Waals surface area contributed by atoms with E-state index in [1.807, 2.05) is 0 Å². The largest absolute Gasteiger partial charge is 0.555 e. The number of alkyl halides is 3. The Bertz CT molecular complexity index is 1970. The number of carboxylic acids is 1. The van der Waals surface area contributed by atoms with Gasteiger partial charge in [0.1, 0.15) is 17.4 Å². The number of carbonyl (C=O) groups is 3. The lowest BCUT2D eigenvalue weighted by molar-refractivity contribution is -0.141. The first-order valence-electron chi connectivity index (χ1n) is 13.7. The molecule has 0 spiro atoms. The minimum absolute atomic E-state index is 0.0196. The van der Waals surface area contributed by atoms with Crippen molar-refractivity contribution < 1.29 is 42.1 Å². The third-order valence-electron chi connectivity index (χ3n) is 6.71. The van der Waals surface area contributed by atoms with Crippen LogP contribution in [0.5, 0.6) is 5.75 Å². The Balaban J connectivity index is 1.14. The highest BCUT2D eigenvalue weighted by Crippen LogP contribution is 2.41. The van der Waals surface area contributed by atoms with Gasteiger partial charge in [-0.2, -0.15) is 18.2 Å². The lowest BCUT2D eigenvalue weighted by Crippen LogP contribution is -2.41. The number of anilines is 3. The summed E-state index contributed by atoms with van der Waals surface area (Å²) in [5.74, 6) is -3.55. The first-order valence-corrected chi connectivity index (χ1v) is 13.7. The summed E-state index contributed by atoms with van der Waals surface area (Å²) in [6.07, 6.45) is -2.90. The van der Waals surface area contributed by atoms with E-state index < -0.39 is 60.8 Å². The zero-order valence-electron chi connectivity index (χ0n) is 24.1. The van der Waals surface area contributed by atoms with Crippen LogP contribution in [0, 0.1) is 0 Å². The number of rotatable bonds is 10. The van der Waals surface area contributed by atoms with Gasteiger partial charge >= 0.3 is 25.6 Å². The molecule has 1 aliphatic heterocycles. The fourth-order valence-electron chi connectivity index (χ4n) is 4.52. The molecule has 19 heteroatoms. The Hall–Kier alpha value is -6.14. The van der Waals surface area contributed by atoms with E-state index in [1.165, 1.54) is 30.5 Å². The van der Waals surface area contributed by atoms with E-state index >= 15 is 0 Å². The second-order valence-electron chi connectivity index (χ2n) is 10.2. The van der Waals surface area contributed by atoms with E-state index in [0.29, 0.717) is 11.4 Å². The van der Waals surface area contributed by atoms with Crippen molar-refractivity contribution in [3.05, 3.63) is 81.0 Å². The summed E-state index contributed by atoms with van der Waals surface area (Å²) < 4.78 is 50.3. The van der Waals surface area contributed by atoms with E-state index in [4.69, 9.17) is 20.9 Å². The van der Waals surface area contributed by atoms with Gasteiger partial charge in [-0.15, -0.1) is 0 Å². The number of carboxylic acid groups (broad SMARTS) is 1. The van der Waals surface area contributed by atoms with Crippen LogP contribution in [0.1, 0.15) is 40.0 Å². The third-order valence-corrected chi connectivity index (χ3v) is 6.71. The molecule has 0 aliphatic carbocycles. The van der Waals surface area contributed by atoms with Crippen molar-refractivity contribution in [1.29, 1.82) is 0 Å². The maximum atomic E-state index is 13.3. The lowest BCUT2D eigenvalue weighted by atomic mass is 9.90. The van der Waals surface area contributed by atoms with Gasteiger partial charge < -0.3 is 36.6 Å². The quantitative estimate of drug-likeness (QED) is 0.0815. The van der Waals surface area contributed by atoms with Crippen molar-refractivity contribution in [1.82, 2.24) is 25.3 Å². The van der Waals surface area contributed by atoms with Gasteiger partial charge in [0.05, 0.1) is 24.0 Å². The number of nitrogens with zero attached hydrogens (tertiary/aromatic N) is 3. The minimum atomic E-state index is -4.72. The van der Waals surface area contributed by atoms with E-state index in [0.717, 1.165) is 6.07 Å². The number of fused-ring (bicyclic) bond motifs is 2. The van der Waals surface area contributed by atoms with Crippen LogP contribution >= 0.6 is 0 Å². The highest BCUT2D eigenvalue weighted by atomic mass is 19.4. The lowest BCUT2D eigenvalue weighted by Gasteiger charge is -2.22. The first kappa shape index (κ1) is 32.3. The Morgan fingerprint density at radius 1 is 1.13 bits per heavy atom. The first-order chi connectivity index (χ1) is 22.3. The van der Waals surface area contributed by atoms with Crippen LogP contribution in [-0.2, 0) is 27.0 Å². The Labute approximate surface area is 262 Å². The normalized spacial score (nSPS) is 13.0. The standard InChI is InChI=1S/C28H24BF3N8O7/c30-28(31,32)17-9-14(33)7-13-8-19(29-47-22(13)17)46-20(41)6-5-18(26(44)45)38-24(42)12-1-3-15(4-2-12)35-10-16-11-36-23-21(37-16)25(43)40-27(34)39-23/h1-4,7-9,11,18,29,35H,5-6,10,33H2,(H,38,42)(H,44,45)(H3,34,36,39,40,43)/t18-/m0/s1. The number of amides is 1. The number of carbonyl (C=O) groups excluding carboxylic acids is 2. The molecule has 4 aromatic rings. The Kier molecular flexibility index (Phi) is 8.98. The van der Waals surface area contributed by atoms with Crippen LogP contribution in [0.4, 0.5) is 30.5 Å². The number of hydrogen-bond acceptors (Lipinski definition) is 12. The number of aliphatic carboxylic acids is 1. The van der Waals surface area contributed by atoms with Gasteiger partial charge in [0, 0.05) is 28.9 Å². The molecule has 47 heavy (non-hydrogen) atoms. The molecule has 242 valence electrons. The molecule has 0 fully saturated rings. The van der Waals surface area contributed by atoms with Crippen molar-refractivity contribution in [3.63, 3.8) is 0 Å². The SMILES string of the molecule is Nc1cc2c(c(C(F)(F)F)c1)OBC(OC(=O)CC[C@H](NC(=O)c1ccc(NCc3cnc4nc(N)[nH]c(=O)c4n3)cc1)C(=O)O)=C2. The summed E-state index contributed by atoms with van der Waals surface area (Å²) in [5, 5.41) is 15.0. The monoisotopic (exact) mass is 652 g/mol. The number of benzene rings is 2. The molecule has 3 heterocycles. The molecule has 1 atom stereocenters. The van der Waals surface area contributed by atoms with Gasteiger partial charge in [0.15, 0.2) is 11.2 Å². The maximum absolute atomic E-state index is 13.3. The van der Waals surface area contributed by atoms with Crippen molar-refractivity contribution >= 4 is 59.9 Å². The van der Waals surface area contributed by atoms with Gasteiger partial charge in [-0.1, -0.05) is 0 Å². The number of nitrogens with one attached hydrogen (secondary N) is 3. The van der Waals surface area contributed by atoms with E-state index in [1.54, 1.807) is 12.1 Å². The number of ether oxygens (including phenoxy) is 1. The Morgan fingerprint density at radius 3 is 2.57 bits per heavy atom. The molecule has 15 nitrogen and oxygen atoms in total. The van der Waals surface area contributed by atoms with Crippen LogP contribution < -0.4 is 32.3 Å². The fourth-order valence-corrected chi connectivity index (χ4v) is 4.52. The zero-order chi connectivity index (χ0) is 33.9. The molecule has 0 saturated carbocycles. The number of halogens is 3. The van der Waals surface area contributed by atoms with Crippen LogP contribution in [0.3, 0.4) is 0 Å². The smallest absolute Gasteiger partial charge is 0.419 e. The molecule has 8 N–H and O–H groups in total. The van der Waals surface area contributed by atoms with Crippen molar-refractivity contribution in [2.45, 2.75) is 31.6 Å². The van der Waals surface area contributed by atoms with Crippen molar-refractivity contribution in [2.75, 3.05) is 16.8 Å². The molecule has 5 rings (SSSR count). The number of H-pyrrole nitrogens is 1. The average molecular weight is 652 g/mol. The molecule has 0 bridgehead atoms. The highest BCUT2D eigenvalue weighted by Gasteiger charge is 2.37. The summed E-state index contributed by atoms with van der Waals surface area (Å²) in [6, 6.07) is 6.52. The maximum Gasteiger partial charge on any atom is 0.419 e. The zero-order valence-corrected chi connectivity index (χ0v) is 24.1. The number of aromatic nitrogens is 4. The number of nitrogen functional groups attached to an aromatic ring is 2. The van der Waals surface area contributed by atoms with E-state index in [-0.39, 0.29) is 52.6 Å². The second-order valence-corrected chi connectivity index (χ2v) is 10.2. The molecule has 0 saturated heterocycles. The predicted octanol–water partition coefficient (Wildman–Crippen LogP) is 1.76. The molecule has 0 radical (unpaired) electrons. The predicted molar refractivity (Wildman–Crippen MR) is 162 cm³/mol. The minimum Gasteiger partial charge on any atom is -0.555 e. The molecule has 0 unspecified atom stereocenters. The third kappa shape index (κ3) is 7.75. The number of nitrogens with two attached hydrogens (primary N) is 2. The van der Waals surface area contributed by atoms with E-state index in [9.17, 15) is 37.5 Å². The summed E-state index contributed by atoms with van der Waals surface area (Å²) in [7, 11) is -0.474. The number of esters is 1. The molecular formula is C28H24BF3N8O7. The fraction of sp³-hybridized carbons (Fsp3) is 0.179. The van der Waals surface area contributed by atoms with Gasteiger partial charge in [0.2, 0.25) is 5.95 Å². The highest BCUT2D eigenvalue weighted by molar-refractivity contribution is 6.40. The Morgan fingerprint density at radius 2 is 1.87 bits per heavy atom. The van der Waals surface area contributed by atoms with Crippen LogP contribution in [0.25, 0.3) is 17.2 Å². The molecule has 2 aromatic heterocycles.